The van der Waals surface area contributed by atoms with E-state index in [0.29, 0.717) is 29.5 Å². The van der Waals surface area contributed by atoms with Crippen LogP contribution in [0.1, 0.15) is 30.5 Å². The van der Waals surface area contributed by atoms with Crippen molar-refractivity contribution < 1.29 is 32.6 Å². The van der Waals surface area contributed by atoms with Crippen LogP contribution in [0.4, 0.5) is 13.2 Å². The highest BCUT2D eigenvalue weighted by atomic mass is 19.4. The molecular formula is C22H26F3N5O4. The number of oxime groups is 1. The largest absolute Gasteiger partial charge is 0.494 e. The second-order valence-corrected chi connectivity index (χ2v) is 7.67. The Hall–Kier alpha value is -3.41. The lowest BCUT2D eigenvalue weighted by Gasteiger charge is -2.24. The normalized spacial score (nSPS) is 17.9. The summed E-state index contributed by atoms with van der Waals surface area (Å²) in [5.41, 5.74) is 5.35. The molecule has 1 aliphatic rings. The molecule has 34 heavy (non-hydrogen) atoms. The van der Waals surface area contributed by atoms with E-state index >= 15 is 0 Å². The lowest BCUT2D eigenvalue weighted by atomic mass is 10.1. The van der Waals surface area contributed by atoms with Crippen molar-refractivity contribution in [1.82, 2.24) is 9.88 Å². The van der Waals surface area contributed by atoms with Gasteiger partial charge in [-0.3, -0.25) is 4.79 Å². The summed E-state index contributed by atoms with van der Waals surface area (Å²) in [4.78, 5) is 22.3. The number of likely N-dealkylation sites (N-methyl/N-ethyl adjacent to an activating group) is 1. The number of aromatic nitrogens is 1. The van der Waals surface area contributed by atoms with Crippen molar-refractivity contribution in [2.75, 3.05) is 33.9 Å². The molecule has 1 fully saturated rings. The molecule has 3 N–H and O–H groups in total. The molecule has 0 spiro atoms. The van der Waals surface area contributed by atoms with Crippen molar-refractivity contribution in [2.45, 2.75) is 31.5 Å². The number of ether oxygens (including phenoxy) is 2. The molecule has 1 amide bonds. The summed E-state index contributed by atoms with van der Waals surface area (Å²) in [6.07, 6.45) is -2.54. The first-order valence-electron chi connectivity index (χ1n) is 10.6. The molecule has 9 nitrogen and oxygen atoms in total. The smallest absolute Gasteiger partial charge is 0.433 e. The summed E-state index contributed by atoms with van der Waals surface area (Å²) in [5.74, 6) is -0.142. The Morgan fingerprint density at radius 3 is 2.74 bits per heavy atom. The third-order valence-corrected chi connectivity index (χ3v) is 5.56. The van der Waals surface area contributed by atoms with Gasteiger partial charge in [-0.15, -0.1) is 0 Å². The lowest BCUT2D eigenvalue weighted by molar-refractivity contribution is -0.141. The van der Waals surface area contributed by atoms with Crippen LogP contribution in [0.15, 0.2) is 34.4 Å². The molecule has 1 atom stereocenters. The summed E-state index contributed by atoms with van der Waals surface area (Å²) in [5, 5.41) is 12.7. The van der Waals surface area contributed by atoms with E-state index in [9.17, 15) is 18.0 Å². The van der Waals surface area contributed by atoms with Gasteiger partial charge < -0.3 is 25.3 Å². The molecule has 1 unspecified atom stereocenters. The number of halogens is 3. The number of aliphatic imine (C=N–C) groups is 1. The minimum Gasteiger partial charge on any atom is -0.494 e. The van der Waals surface area contributed by atoms with Crippen LogP contribution in [0.2, 0.25) is 0 Å². The van der Waals surface area contributed by atoms with Crippen LogP contribution in [-0.2, 0) is 15.7 Å². The number of carbonyl (C=O) groups excluding carboxylic acids is 1. The van der Waals surface area contributed by atoms with Gasteiger partial charge in [0.2, 0.25) is 11.8 Å². The Morgan fingerprint density at radius 2 is 2.09 bits per heavy atom. The van der Waals surface area contributed by atoms with Crippen molar-refractivity contribution in [3.8, 4) is 5.75 Å². The van der Waals surface area contributed by atoms with Crippen LogP contribution in [0, 0.1) is 0 Å². The van der Waals surface area contributed by atoms with Gasteiger partial charge in [0, 0.05) is 24.5 Å². The van der Waals surface area contributed by atoms with Gasteiger partial charge in [-0.1, -0.05) is 5.16 Å². The Labute approximate surface area is 194 Å². The van der Waals surface area contributed by atoms with Crippen molar-refractivity contribution in [2.24, 2.45) is 15.9 Å². The van der Waals surface area contributed by atoms with E-state index in [0.717, 1.165) is 12.5 Å². The van der Waals surface area contributed by atoms with Crippen LogP contribution in [0.25, 0.3) is 10.9 Å². The number of hydrogen-bond donors (Lipinski definition) is 2. The molecule has 1 aromatic heterocycles. The van der Waals surface area contributed by atoms with E-state index in [4.69, 9.17) is 20.4 Å². The fourth-order valence-corrected chi connectivity index (χ4v) is 3.83. The number of carbonyl (C=O) groups is 1. The van der Waals surface area contributed by atoms with Gasteiger partial charge in [0.25, 0.3) is 0 Å². The van der Waals surface area contributed by atoms with Crippen LogP contribution in [-0.4, -0.2) is 72.5 Å². The lowest BCUT2D eigenvalue weighted by Crippen LogP contribution is -2.41. The molecule has 0 radical (unpaired) electrons. The number of alkyl halides is 3. The number of fused-ring (bicyclic) bond motifs is 1. The van der Waals surface area contributed by atoms with E-state index in [2.05, 4.69) is 15.1 Å². The summed E-state index contributed by atoms with van der Waals surface area (Å²) in [6, 6.07) is 4.85. The second kappa shape index (κ2) is 10.7. The highest BCUT2D eigenvalue weighted by molar-refractivity contribution is 6.08. The summed E-state index contributed by atoms with van der Waals surface area (Å²) >= 11 is 0. The molecule has 0 aliphatic heterocycles. The molecule has 1 aliphatic carbocycles. The molecule has 0 bridgehead atoms. The third-order valence-electron chi connectivity index (χ3n) is 5.56. The number of hydrogen-bond acceptors (Lipinski definition) is 8. The molecular weight excluding hydrogens is 455 g/mol. The maximum atomic E-state index is 13.2. The van der Waals surface area contributed by atoms with Gasteiger partial charge in [0.15, 0.2) is 0 Å². The number of nitrogens with zero attached hydrogens (tertiary/aromatic N) is 4. The molecule has 12 heteroatoms. The zero-order valence-electron chi connectivity index (χ0n) is 18.8. The topological polar surface area (TPSA) is 123 Å². The highest BCUT2D eigenvalue weighted by Gasteiger charge is 2.33. The minimum atomic E-state index is -4.63. The van der Waals surface area contributed by atoms with E-state index in [1.807, 2.05) is 0 Å². The first-order chi connectivity index (χ1) is 16.2. The van der Waals surface area contributed by atoms with E-state index in [1.165, 1.54) is 24.1 Å². The van der Waals surface area contributed by atoms with Crippen molar-refractivity contribution in [3.05, 3.63) is 35.5 Å². The fraction of sp³-hybridized carbons (Fsp3) is 0.455. The number of amides is 1. The quantitative estimate of drug-likeness (QED) is 0.271. The van der Waals surface area contributed by atoms with Gasteiger partial charge >= 0.3 is 6.18 Å². The number of methoxy groups -OCH3 is 1. The Kier molecular flexibility index (Phi) is 7.92. The summed E-state index contributed by atoms with van der Waals surface area (Å²) in [6.45, 7) is -0.0442. The predicted octanol–water partition coefficient (Wildman–Crippen LogP) is 2.83. The van der Waals surface area contributed by atoms with Gasteiger partial charge in [0.05, 0.1) is 18.9 Å². The Morgan fingerprint density at radius 1 is 1.32 bits per heavy atom. The monoisotopic (exact) mass is 481 g/mol. The average Bonchev–Trinajstić information content (AvgIpc) is 3.31. The third kappa shape index (κ3) is 5.38. The van der Waals surface area contributed by atoms with Gasteiger partial charge in [-0.05, 0) is 43.5 Å². The molecule has 1 heterocycles. The SMILES string of the molecule is COc1ccc(/C(=N/CC(=O)N(C)C2CCC/C2=N\O)OCCN)c2ccc(C(F)(F)F)nc12. The zero-order chi connectivity index (χ0) is 24.9. The molecule has 0 saturated heterocycles. The van der Waals surface area contributed by atoms with E-state index < -0.39 is 11.9 Å². The first-order valence-corrected chi connectivity index (χ1v) is 10.6. The van der Waals surface area contributed by atoms with Crippen LogP contribution in [0.5, 0.6) is 5.75 Å². The van der Waals surface area contributed by atoms with Gasteiger partial charge in [-0.25, -0.2) is 9.98 Å². The van der Waals surface area contributed by atoms with Gasteiger partial charge in [0.1, 0.15) is 30.1 Å². The van der Waals surface area contributed by atoms with Gasteiger partial charge in [-0.2, -0.15) is 13.2 Å². The maximum Gasteiger partial charge on any atom is 0.433 e. The van der Waals surface area contributed by atoms with E-state index in [1.54, 1.807) is 13.1 Å². The Bertz CT molecular complexity index is 1100. The number of pyridine rings is 1. The fourth-order valence-electron chi connectivity index (χ4n) is 3.83. The van der Waals surface area contributed by atoms with Crippen molar-refractivity contribution >= 4 is 28.4 Å². The molecule has 184 valence electrons. The predicted molar refractivity (Wildman–Crippen MR) is 119 cm³/mol. The van der Waals surface area contributed by atoms with Crippen molar-refractivity contribution in [3.63, 3.8) is 0 Å². The van der Waals surface area contributed by atoms with Crippen LogP contribution < -0.4 is 10.5 Å². The second-order valence-electron chi connectivity index (χ2n) is 7.67. The molecule has 1 aromatic carbocycles. The van der Waals surface area contributed by atoms with Crippen LogP contribution in [0.3, 0.4) is 0 Å². The Balaban J connectivity index is 1.97. The highest BCUT2D eigenvalue weighted by Crippen LogP contribution is 2.33. The standard InChI is InChI=1S/C22H26F3N5O4/c1-30(16-5-3-4-15(16)29-32)19(31)12-27-21(34-11-10-26)14-6-8-17(33-2)20-13(14)7-9-18(28-20)22(23,24)25/h6-9,16,32H,3-5,10-12,26H2,1-2H3/b27-21-,29-15+. The number of rotatable bonds is 7. The minimum absolute atomic E-state index is 0.0166. The average molecular weight is 481 g/mol. The maximum absolute atomic E-state index is 13.2. The number of benzene rings is 1. The molecule has 2 aromatic rings. The van der Waals surface area contributed by atoms with E-state index in [-0.39, 0.29) is 48.8 Å². The van der Waals surface area contributed by atoms with Crippen molar-refractivity contribution in [1.29, 1.82) is 0 Å². The first kappa shape index (κ1) is 25.2. The summed E-state index contributed by atoms with van der Waals surface area (Å²) in [7, 11) is 2.93. The molecule has 1 saturated carbocycles. The van der Waals surface area contributed by atoms with Crippen LogP contribution >= 0.6 is 0 Å². The summed E-state index contributed by atoms with van der Waals surface area (Å²) < 4.78 is 50.5. The zero-order valence-corrected chi connectivity index (χ0v) is 18.8. The molecule has 3 rings (SSSR count). The number of nitrogens with two attached hydrogens (primary N) is 1.